The maximum absolute atomic E-state index is 11.9. The summed E-state index contributed by atoms with van der Waals surface area (Å²) in [5.41, 5.74) is 5.89. The van der Waals surface area contributed by atoms with Gasteiger partial charge in [-0.25, -0.2) is 18.1 Å². The Morgan fingerprint density at radius 1 is 1.59 bits per heavy atom. The highest BCUT2D eigenvalue weighted by Gasteiger charge is 2.21. The molecule has 0 amide bonds. The van der Waals surface area contributed by atoms with Crippen molar-refractivity contribution in [2.45, 2.75) is 31.1 Å². The third-order valence-corrected chi connectivity index (χ3v) is 5.05. The van der Waals surface area contributed by atoms with E-state index in [1.54, 1.807) is 13.8 Å². The zero-order chi connectivity index (χ0) is 13.1. The summed E-state index contributed by atoms with van der Waals surface area (Å²) in [6, 6.07) is 0. The number of anilines is 1. The molecule has 1 heterocycles. The molecular formula is C9H17N3O3S2. The zero-order valence-electron chi connectivity index (χ0n) is 10.1. The summed E-state index contributed by atoms with van der Waals surface area (Å²) in [6.45, 7) is 6.06. The smallest absolute Gasteiger partial charge is 0.252 e. The van der Waals surface area contributed by atoms with Crippen LogP contribution in [0.5, 0.6) is 0 Å². The molecule has 6 nitrogen and oxygen atoms in total. The summed E-state index contributed by atoms with van der Waals surface area (Å²) in [7, 11) is -3.54. The predicted octanol–water partition coefficient (Wildman–Crippen LogP) is 0.737. The van der Waals surface area contributed by atoms with Crippen molar-refractivity contribution in [3.8, 4) is 0 Å². The Kier molecular flexibility index (Phi) is 4.87. The second kappa shape index (κ2) is 5.76. The molecule has 1 rings (SSSR count). The van der Waals surface area contributed by atoms with E-state index in [1.165, 1.54) is 0 Å². The van der Waals surface area contributed by atoms with Gasteiger partial charge in [-0.05, 0) is 20.8 Å². The maximum atomic E-state index is 11.9. The van der Waals surface area contributed by atoms with E-state index in [9.17, 15) is 8.42 Å². The molecule has 98 valence electrons. The number of thiazole rings is 1. The number of rotatable bonds is 6. The Morgan fingerprint density at radius 2 is 2.24 bits per heavy atom. The molecule has 0 radical (unpaired) electrons. The Balaban J connectivity index is 2.73. The van der Waals surface area contributed by atoms with Crippen LogP contribution in [0.2, 0.25) is 0 Å². The van der Waals surface area contributed by atoms with Gasteiger partial charge in [0.15, 0.2) is 9.34 Å². The SMILES string of the molecule is CCOC(C)CNS(=O)(=O)c1sc(N)nc1C. The summed E-state index contributed by atoms with van der Waals surface area (Å²) in [5.74, 6) is 0. The standard InChI is InChI=1S/C9H17N3O3S2/c1-4-15-6(2)5-11-17(13,14)8-7(3)12-9(10)16-8/h6,11H,4-5H2,1-3H3,(H2,10,12). The van der Waals surface area contributed by atoms with E-state index >= 15 is 0 Å². The molecule has 0 spiro atoms. The molecule has 0 saturated carbocycles. The molecular weight excluding hydrogens is 262 g/mol. The number of nitrogens with one attached hydrogen (secondary N) is 1. The van der Waals surface area contributed by atoms with Crippen LogP contribution in [0.1, 0.15) is 19.5 Å². The number of nitrogens with zero attached hydrogens (tertiary/aromatic N) is 1. The lowest BCUT2D eigenvalue weighted by atomic mass is 10.4. The first-order chi connectivity index (χ1) is 7.86. The Bertz CT molecular complexity index is 470. The Morgan fingerprint density at radius 3 is 2.71 bits per heavy atom. The molecule has 1 aromatic heterocycles. The monoisotopic (exact) mass is 279 g/mol. The number of hydrogen-bond acceptors (Lipinski definition) is 6. The summed E-state index contributed by atoms with van der Waals surface area (Å²) < 4.78 is 31.7. The Hall–Kier alpha value is -0.700. The molecule has 3 N–H and O–H groups in total. The fourth-order valence-corrected chi connectivity index (χ4v) is 3.75. The minimum atomic E-state index is -3.54. The second-order valence-electron chi connectivity index (χ2n) is 3.54. The molecule has 0 aliphatic rings. The van der Waals surface area contributed by atoms with Crippen molar-refractivity contribution in [1.29, 1.82) is 0 Å². The van der Waals surface area contributed by atoms with Gasteiger partial charge in [0.05, 0.1) is 11.8 Å². The van der Waals surface area contributed by atoms with E-state index < -0.39 is 10.0 Å². The fraction of sp³-hybridized carbons (Fsp3) is 0.667. The van der Waals surface area contributed by atoms with Crippen molar-refractivity contribution in [1.82, 2.24) is 9.71 Å². The number of nitrogens with two attached hydrogens (primary N) is 1. The van der Waals surface area contributed by atoms with Crippen molar-refractivity contribution < 1.29 is 13.2 Å². The number of aromatic nitrogens is 1. The summed E-state index contributed by atoms with van der Waals surface area (Å²) >= 11 is 0.962. The van der Waals surface area contributed by atoms with Gasteiger partial charge in [-0.1, -0.05) is 11.3 Å². The van der Waals surface area contributed by atoms with Gasteiger partial charge in [0.2, 0.25) is 0 Å². The van der Waals surface area contributed by atoms with Gasteiger partial charge >= 0.3 is 0 Å². The summed E-state index contributed by atoms with van der Waals surface area (Å²) in [6.07, 6.45) is -0.166. The molecule has 1 atom stereocenters. The molecule has 0 fully saturated rings. The lowest BCUT2D eigenvalue weighted by Gasteiger charge is -2.12. The van der Waals surface area contributed by atoms with Crippen LogP contribution in [0.25, 0.3) is 0 Å². The highest BCUT2D eigenvalue weighted by atomic mass is 32.2. The maximum Gasteiger partial charge on any atom is 0.252 e. The normalized spacial score (nSPS) is 13.8. The molecule has 1 unspecified atom stereocenters. The van der Waals surface area contributed by atoms with Crippen molar-refractivity contribution in [3.05, 3.63) is 5.69 Å². The van der Waals surface area contributed by atoms with Crippen LogP contribution in [0.15, 0.2) is 4.21 Å². The lowest BCUT2D eigenvalue weighted by Crippen LogP contribution is -2.32. The number of ether oxygens (including phenoxy) is 1. The molecule has 17 heavy (non-hydrogen) atoms. The number of sulfonamides is 1. The highest BCUT2D eigenvalue weighted by Crippen LogP contribution is 2.24. The van der Waals surface area contributed by atoms with Crippen molar-refractivity contribution in [2.24, 2.45) is 0 Å². The molecule has 0 aliphatic carbocycles. The third-order valence-electron chi connectivity index (χ3n) is 2.03. The van der Waals surface area contributed by atoms with Gasteiger partial charge in [-0.3, -0.25) is 0 Å². The van der Waals surface area contributed by atoms with E-state index in [4.69, 9.17) is 10.5 Å². The van der Waals surface area contributed by atoms with Gasteiger partial charge < -0.3 is 10.5 Å². The highest BCUT2D eigenvalue weighted by molar-refractivity contribution is 7.91. The van der Waals surface area contributed by atoms with Crippen LogP contribution in [0.4, 0.5) is 5.13 Å². The fourth-order valence-electron chi connectivity index (χ4n) is 1.29. The minimum absolute atomic E-state index is 0.165. The van der Waals surface area contributed by atoms with Crippen molar-refractivity contribution in [3.63, 3.8) is 0 Å². The first-order valence-electron chi connectivity index (χ1n) is 5.21. The van der Waals surface area contributed by atoms with E-state index in [-0.39, 0.29) is 22.0 Å². The molecule has 0 saturated heterocycles. The lowest BCUT2D eigenvalue weighted by molar-refractivity contribution is 0.0799. The van der Waals surface area contributed by atoms with Crippen molar-refractivity contribution >= 4 is 26.5 Å². The van der Waals surface area contributed by atoms with E-state index in [0.29, 0.717) is 12.3 Å². The number of hydrogen-bond donors (Lipinski definition) is 2. The molecule has 8 heteroatoms. The molecule has 0 aliphatic heterocycles. The first-order valence-corrected chi connectivity index (χ1v) is 7.51. The molecule has 0 bridgehead atoms. The second-order valence-corrected chi connectivity index (χ2v) is 6.54. The third kappa shape index (κ3) is 3.91. The molecule has 0 aromatic carbocycles. The minimum Gasteiger partial charge on any atom is -0.377 e. The van der Waals surface area contributed by atoms with Gasteiger partial charge in [0.1, 0.15) is 0 Å². The zero-order valence-corrected chi connectivity index (χ0v) is 11.7. The average molecular weight is 279 g/mol. The Labute approximate surface area is 105 Å². The quantitative estimate of drug-likeness (QED) is 0.801. The largest absolute Gasteiger partial charge is 0.377 e. The van der Waals surface area contributed by atoms with Crippen molar-refractivity contribution in [2.75, 3.05) is 18.9 Å². The first kappa shape index (κ1) is 14.4. The van der Waals surface area contributed by atoms with E-state index in [1.807, 2.05) is 6.92 Å². The van der Waals surface area contributed by atoms with Crippen LogP contribution in [-0.4, -0.2) is 32.7 Å². The van der Waals surface area contributed by atoms with Gasteiger partial charge in [0.25, 0.3) is 10.0 Å². The van der Waals surface area contributed by atoms with Crippen LogP contribution in [0, 0.1) is 6.92 Å². The molecule has 1 aromatic rings. The average Bonchev–Trinajstić information content (AvgIpc) is 2.56. The number of nitrogen functional groups attached to an aromatic ring is 1. The van der Waals surface area contributed by atoms with Crippen LogP contribution in [0.3, 0.4) is 0 Å². The van der Waals surface area contributed by atoms with Gasteiger partial charge in [-0.2, -0.15) is 0 Å². The van der Waals surface area contributed by atoms with Gasteiger partial charge in [0, 0.05) is 13.2 Å². The summed E-state index contributed by atoms with van der Waals surface area (Å²) in [4.78, 5) is 3.89. The van der Waals surface area contributed by atoms with E-state index in [2.05, 4.69) is 9.71 Å². The van der Waals surface area contributed by atoms with Crippen LogP contribution >= 0.6 is 11.3 Å². The summed E-state index contributed by atoms with van der Waals surface area (Å²) in [5, 5.41) is 0.251. The van der Waals surface area contributed by atoms with Crippen LogP contribution < -0.4 is 10.5 Å². The van der Waals surface area contributed by atoms with Gasteiger partial charge in [-0.15, -0.1) is 0 Å². The van der Waals surface area contributed by atoms with Crippen LogP contribution in [-0.2, 0) is 14.8 Å². The number of aryl methyl sites for hydroxylation is 1. The van der Waals surface area contributed by atoms with E-state index in [0.717, 1.165) is 11.3 Å². The predicted molar refractivity (Wildman–Crippen MR) is 67.5 cm³/mol. The topological polar surface area (TPSA) is 94.3 Å².